The zero-order valence-electron chi connectivity index (χ0n) is 8.47. The van der Waals surface area contributed by atoms with E-state index in [0.29, 0.717) is 11.6 Å². The largest absolute Gasteiger partial charge is 0.391 e. The van der Waals surface area contributed by atoms with Crippen molar-refractivity contribution >= 4 is 29.2 Å². The molecule has 0 atom stereocenters. The minimum atomic E-state index is 0.433. The molecule has 82 valence electrons. The summed E-state index contributed by atoms with van der Waals surface area (Å²) in [5.41, 5.74) is 1.01. The van der Waals surface area contributed by atoms with Gasteiger partial charge in [0.1, 0.15) is 6.61 Å². The summed E-state index contributed by atoms with van der Waals surface area (Å²) in [6.07, 6.45) is 1.70. The first-order chi connectivity index (χ1) is 7.84. The van der Waals surface area contributed by atoms with Gasteiger partial charge in [-0.15, -0.1) is 11.3 Å². The van der Waals surface area contributed by atoms with E-state index < -0.39 is 0 Å². The van der Waals surface area contributed by atoms with E-state index in [-0.39, 0.29) is 0 Å². The molecular formula is C12H10ClNOS. The van der Waals surface area contributed by atoms with Gasteiger partial charge in [0.2, 0.25) is 0 Å². The summed E-state index contributed by atoms with van der Waals surface area (Å²) in [7, 11) is 0. The topological polar surface area (TPSA) is 21.6 Å². The van der Waals surface area contributed by atoms with E-state index in [1.54, 1.807) is 17.6 Å². The third-order valence-electron chi connectivity index (χ3n) is 1.92. The van der Waals surface area contributed by atoms with Crippen molar-refractivity contribution in [3.63, 3.8) is 0 Å². The lowest BCUT2D eigenvalue weighted by molar-refractivity contribution is 0.132. The Morgan fingerprint density at radius 1 is 1.31 bits per heavy atom. The Morgan fingerprint density at radius 2 is 2.25 bits per heavy atom. The minimum absolute atomic E-state index is 0.433. The van der Waals surface area contributed by atoms with Gasteiger partial charge in [0, 0.05) is 9.90 Å². The fourth-order valence-electron chi connectivity index (χ4n) is 1.19. The van der Waals surface area contributed by atoms with Gasteiger partial charge in [-0.05, 0) is 29.1 Å². The van der Waals surface area contributed by atoms with Gasteiger partial charge in [-0.25, -0.2) is 0 Å². The summed E-state index contributed by atoms with van der Waals surface area (Å²) in [5, 5.41) is 6.59. The Morgan fingerprint density at radius 3 is 3.00 bits per heavy atom. The zero-order chi connectivity index (χ0) is 11.2. The lowest BCUT2D eigenvalue weighted by atomic mass is 10.2. The normalized spacial score (nSPS) is 10.8. The number of oxime groups is 1. The predicted molar refractivity (Wildman–Crippen MR) is 68.2 cm³/mol. The molecule has 2 rings (SSSR count). The van der Waals surface area contributed by atoms with Crippen LogP contribution in [0.5, 0.6) is 0 Å². The first-order valence-electron chi connectivity index (χ1n) is 4.78. The van der Waals surface area contributed by atoms with Crippen molar-refractivity contribution in [1.82, 2.24) is 0 Å². The predicted octanol–water partition coefficient (Wildman–Crippen LogP) is 3.95. The van der Waals surface area contributed by atoms with Crippen molar-refractivity contribution in [3.05, 3.63) is 57.2 Å². The van der Waals surface area contributed by atoms with Crippen LogP contribution in [0.1, 0.15) is 10.4 Å². The van der Waals surface area contributed by atoms with Gasteiger partial charge < -0.3 is 4.84 Å². The monoisotopic (exact) mass is 251 g/mol. The summed E-state index contributed by atoms with van der Waals surface area (Å²) in [6, 6.07) is 11.5. The Bertz CT molecular complexity index is 468. The van der Waals surface area contributed by atoms with E-state index in [4.69, 9.17) is 16.4 Å². The second-order valence-electron chi connectivity index (χ2n) is 3.15. The number of rotatable bonds is 4. The molecule has 0 bridgehead atoms. The molecule has 0 radical (unpaired) electrons. The molecule has 2 aromatic rings. The summed E-state index contributed by atoms with van der Waals surface area (Å²) in [4.78, 5) is 6.24. The minimum Gasteiger partial charge on any atom is -0.391 e. The molecule has 4 heteroatoms. The van der Waals surface area contributed by atoms with E-state index in [2.05, 4.69) is 5.16 Å². The fourth-order valence-corrected chi connectivity index (χ4v) is 1.98. The lowest BCUT2D eigenvalue weighted by Crippen LogP contribution is -1.87. The van der Waals surface area contributed by atoms with Crippen LogP contribution in [-0.2, 0) is 11.4 Å². The fraction of sp³-hybridized carbons (Fsp3) is 0.0833. The molecule has 2 nitrogen and oxygen atoms in total. The average Bonchev–Trinajstić information content (AvgIpc) is 2.77. The first-order valence-corrected chi connectivity index (χ1v) is 6.03. The summed E-state index contributed by atoms with van der Waals surface area (Å²) >= 11 is 7.47. The number of benzene rings is 1. The van der Waals surface area contributed by atoms with Crippen molar-refractivity contribution in [3.8, 4) is 0 Å². The third-order valence-corrected chi connectivity index (χ3v) is 2.96. The van der Waals surface area contributed by atoms with Crippen LogP contribution < -0.4 is 0 Å². The number of hydrogen-bond donors (Lipinski definition) is 0. The maximum atomic E-state index is 5.85. The van der Waals surface area contributed by atoms with Gasteiger partial charge >= 0.3 is 0 Å². The van der Waals surface area contributed by atoms with E-state index in [9.17, 15) is 0 Å². The summed E-state index contributed by atoms with van der Waals surface area (Å²) in [6.45, 7) is 0.433. The van der Waals surface area contributed by atoms with Gasteiger partial charge in [-0.1, -0.05) is 35.0 Å². The third kappa shape index (κ3) is 3.36. The molecule has 0 saturated heterocycles. The lowest BCUT2D eigenvalue weighted by Gasteiger charge is -1.99. The van der Waals surface area contributed by atoms with Gasteiger partial charge in [0.05, 0.1) is 6.21 Å². The molecule has 0 aliphatic heterocycles. The van der Waals surface area contributed by atoms with Crippen LogP contribution >= 0.6 is 22.9 Å². The van der Waals surface area contributed by atoms with Crippen LogP contribution in [0.4, 0.5) is 0 Å². The maximum absolute atomic E-state index is 5.85. The zero-order valence-corrected chi connectivity index (χ0v) is 10.0. The highest BCUT2D eigenvalue weighted by Gasteiger charge is 1.93. The molecular weight excluding hydrogens is 242 g/mol. The van der Waals surface area contributed by atoms with Crippen molar-refractivity contribution in [2.24, 2.45) is 5.16 Å². The van der Waals surface area contributed by atoms with E-state index in [0.717, 1.165) is 10.4 Å². The Balaban J connectivity index is 1.84. The van der Waals surface area contributed by atoms with Crippen LogP contribution in [0, 0.1) is 0 Å². The Kier molecular flexibility index (Phi) is 3.97. The van der Waals surface area contributed by atoms with Crippen molar-refractivity contribution in [1.29, 1.82) is 0 Å². The second kappa shape index (κ2) is 5.68. The molecule has 0 spiro atoms. The molecule has 1 aromatic carbocycles. The number of hydrogen-bond acceptors (Lipinski definition) is 3. The van der Waals surface area contributed by atoms with E-state index >= 15 is 0 Å². The molecule has 1 heterocycles. The SMILES string of the molecule is Clc1cccc(CON=Cc2cccs2)c1. The average molecular weight is 252 g/mol. The number of halogens is 1. The van der Waals surface area contributed by atoms with Crippen LogP contribution in [0.3, 0.4) is 0 Å². The van der Waals surface area contributed by atoms with Crippen molar-refractivity contribution in [2.75, 3.05) is 0 Å². The number of nitrogens with zero attached hydrogens (tertiary/aromatic N) is 1. The highest BCUT2D eigenvalue weighted by molar-refractivity contribution is 7.11. The molecule has 1 aromatic heterocycles. The van der Waals surface area contributed by atoms with Crippen LogP contribution in [0.15, 0.2) is 46.9 Å². The molecule has 0 unspecified atom stereocenters. The van der Waals surface area contributed by atoms with Gasteiger partial charge in [-0.2, -0.15) is 0 Å². The standard InChI is InChI=1S/C12H10ClNOS/c13-11-4-1-3-10(7-11)9-15-14-8-12-5-2-6-16-12/h1-8H,9H2. The number of thiophene rings is 1. The Hall–Kier alpha value is -1.32. The second-order valence-corrected chi connectivity index (χ2v) is 4.57. The van der Waals surface area contributed by atoms with Crippen LogP contribution in [0.2, 0.25) is 5.02 Å². The van der Waals surface area contributed by atoms with Gasteiger partial charge in [-0.3, -0.25) is 0 Å². The van der Waals surface area contributed by atoms with Gasteiger partial charge in [0.15, 0.2) is 0 Å². The van der Waals surface area contributed by atoms with Crippen molar-refractivity contribution in [2.45, 2.75) is 6.61 Å². The quantitative estimate of drug-likeness (QED) is 0.596. The first kappa shape index (κ1) is 11.2. The molecule has 0 amide bonds. The molecule has 16 heavy (non-hydrogen) atoms. The molecule has 0 aliphatic rings. The molecule has 0 saturated carbocycles. The Labute approximate surface area is 103 Å². The highest BCUT2D eigenvalue weighted by atomic mass is 35.5. The smallest absolute Gasteiger partial charge is 0.142 e. The van der Waals surface area contributed by atoms with E-state index in [1.165, 1.54) is 0 Å². The summed E-state index contributed by atoms with van der Waals surface area (Å²) in [5.74, 6) is 0. The molecule has 0 fully saturated rings. The maximum Gasteiger partial charge on any atom is 0.142 e. The molecule has 0 N–H and O–H groups in total. The van der Waals surface area contributed by atoms with Crippen molar-refractivity contribution < 1.29 is 4.84 Å². The summed E-state index contributed by atoms with van der Waals surface area (Å²) < 4.78 is 0. The molecule has 0 aliphatic carbocycles. The van der Waals surface area contributed by atoms with Gasteiger partial charge in [0.25, 0.3) is 0 Å². The van der Waals surface area contributed by atoms with E-state index in [1.807, 2.05) is 41.8 Å². The van der Waals surface area contributed by atoms with Crippen LogP contribution in [-0.4, -0.2) is 6.21 Å². The van der Waals surface area contributed by atoms with Crippen LogP contribution in [0.25, 0.3) is 0 Å². The highest BCUT2D eigenvalue weighted by Crippen LogP contribution is 2.11.